The molecule has 0 bridgehead atoms. The molecule has 0 unspecified atom stereocenters. The lowest BCUT2D eigenvalue weighted by molar-refractivity contribution is 0.373. The van der Waals surface area contributed by atoms with Crippen LogP contribution in [0.15, 0.2) is 36.4 Å². The zero-order valence-corrected chi connectivity index (χ0v) is 19.5. The van der Waals surface area contributed by atoms with E-state index in [2.05, 4.69) is 0 Å². The van der Waals surface area contributed by atoms with Crippen molar-refractivity contribution < 1.29 is 27.5 Å². The molecule has 0 atom stereocenters. The van der Waals surface area contributed by atoms with Gasteiger partial charge in [-0.15, -0.1) is 0 Å². The number of halogens is 1. The molecule has 0 aliphatic rings. The van der Waals surface area contributed by atoms with Crippen LogP contribution in [0.2, 0.25) is 0 Å². The van der Waals surface area contributed by atoms with E-state index < -0.39 is 0 Å². The van der Waals surface area contributed by atoms with Gasteiger partial charge in [0.2, 0.25) is 0 Å². The highest BCUT2D eigenvalue weighted by Gasteiger charge is 2.22. The van der Waals surface area contributed by atoms with Crippen molar-refractivity contribution in [3.8, 4) is 56.8 Å². The predicted octanol–water partition coefficient (Wildman–Crippen LogP) is 5.80. The number of phenols is 2. The molecule has 0 fully saturated rings. The van der Waals surface area contributed by atoms with E-state index in [0.29, 0.717) is 45.3 Å². The molecule has 3 aromatic carbocycles. The van der Waals surface area contributed by atoms with Gasteiger partial charge in [-0.3, -0.25) is 0 Å². The lowest BCUT2D eigenvalue weighted by atomic mass is 9.94. The summed E-state index contributed by atoms with van der Waals surface area (Å²) < 4.78 is 21.8. The molecular formula is C23H23IO6. The number of ether oxygens (including phenoxy) is 3. The third-order valence-electron chi connectivity index (χ3n) is 4.84. The van der Waals surface area contributed by atoms with Crippen LogP contribution in [0, 0.1) is 13.8 Å². The van der Waals surface area contributed by atoms with Crippen LogP contribution in [-0.4, -0.2) is 31.5 Å². The second-order valence-corrected chi connectivity index (χ2v) is 7.29. The molecule has 6 nitrogen and oxygen atoms in total. The van der Waals surface area contributed by atoms with Crippen LogP contribution < -0.4 is 17.3 Å². The van der Waals surface area contributed by atoms with Gasteiger partial charge in [-0.25, -0.2) is 0 Å². The summed E-state index contributed by atoms with van der Waals surface area (Å²) in [5.74, 6) is 1.73. The van der Waals surface area contributed by atoms with Crippen molar-refractivity contribution in [2.75, 3.05) is 21.3 Å². The molecule has 0 aromatic heterocycles. The van der Waals surface area contributed by atoms with Gasteiger partial charge in [0, 0.05) is 28.3 Å². The lowest BCUT2D eigenvalue weighted by Gasteiger charge is -2.18. The Labute approximate surface area is 189 Å². The Morgan fingerprint density at radius 3 is 1.40 bits per heavy atom. The van der Waals surface area contributed by atoms with Crippen molar-refractivity contribution in [2.45, 2.75) is 13.8 Å². The molecule has 0 saturated carbocycles. The highest BCUT2D eigenvalue weighted by atomic mass is 127. The monoisotopic (exact) mass is 522 g/mol. The van der Waals surface area contributed by atoms with Crippen LogP contribution in [0.3, 0.4) is 0 Å². The summed E-state index contributed by atoms with van der Waals surface area (Å²) in [6.45, 7) is 3.83. The maximum Gasteiger partial charge on any atom is 0.192 e. The van der Waals surface area contributed by atoms with Crippen LogP contribution in [0.1, 0.15) is 11.1 Å². The average molecular weight is 522 g/mol. The number of benzene rings is 3. The van der Waals surface area contributed by atoms with E-state index in [-0.39, 0.29) is 11.5 Å². The fourth-order valence-corrected chi connectivity index (χ4v) is 3.79. The molecule has 0 aliphatic carbocycles. The van der Waals surface area contributed by atoms with Crippen LogP contribution >= 0.6 is 23.0 Å². The van der Waals surface area contributed by atoms with E-state index in [9.17, 15) is 10.2 Å². The van der Waals surface area contributed by atoms with Crippen LogP contribution in [0.5, 0.6) is 34.5 Å². The van der Waals surface area contributed by atoms with Gasteiger partial charge in [-0.05, 0) is 55.3 Å². The van der Waals surface area contributed by atoms with Crippen LogP contribution in [-0.2, 0) is 0 Å². The van der Waals surface area contributed by atoms with Crippen LogP contribution in [0.4, 0.5) is 0 Å². The van der Waals surface area contributed by atoms with E-state index in [1.54, 1.807) is 48.3 Å². The van der Waals surface area contributed by atoms with Gasteiger partial charge in [0.15, 0.2) is 46.0 Å². The van der Waals surface area contributed by atoms with Gasteiger partial charge in [-0.1, -0.05) is 0 Å². The zero-order valence-electron chi connectivity index (χ0n) is 17.4. The molecular weight excluding hydrogens is 499 g/mol. The number of rotatable bonds is 6. The van der Waals surface area contributed by atoms with E-state index in [1.807, 2.05) is 32.0 Å². The highest BCUT2D eigenvalue weighted by molar-refractivity contribution is 14.1. The molecule has 0 saturated heterocycles. The Kier molecular flexibility index (Phi) is 6.50. The molecule has 3 aromatic rings. The first kappa shape index (κ1) is 21.9. The molecule has 0 aliphatic heterocycles. The molecule has 3 rings (SSSR count). The molecule has 0 amide bonds. The zero-order chi connectivity index (χ0) is 22.0. The number of aromatic hydroxyl groups is 2. The Balaban J connectivity index is 2.37. The quantitative estimate of drug-likeness (QED) is 0.399. The van der Waals surface area contributed by atoms with E-state index in [0.717, 1.165) is 11.1 Å². The number of hydrogen-bond acceptors (Lipinski definition) is 6. The number of aryl methyl sites for hydroxylation is 2. The van der Waals surface area contributed by atoms with E-state index in [4.69, 9.17) is 17.3 Å². The van der Waals surface area contributed by atoms with E-state index in [1.165, 1.54) is 14.2 Å². The minimum atomic E-state index is -0.0000356. The first-order valence-electron chi connectivity index (χ1n) is 9.11. The van der Waals surface area contributed by atoms with Crippen molar-refractivity contribution >= 4 is 23.0 Å². The summed E-state index contributed by atoms with van der Waals surface area (Å²) in [5, 5.41) is 21.5. The van der Waals surface area contributed by atoms with E-state index >= 15 is 0 Å². The molecule has 0 heterocycles. The van der Waals surface area contributed by atoms with Gasteiger partial charge in [0.05, 0.1) is 21.3 Å². The molecule has 0 spiro atoms. The summed E-state index contributed by atoms with van der Waals surface area (Å²) in [4.78, 5) is 0. The van der Waals surface area contributed by atoms with Gasteiger partial charge in [-0.2, -0.15) is 0 Å². The molecule has 158 valence electrons. The third kappa shape index (κ3) is 3.94. The Morgan fingerprint density at radius 1 is 0.567 bits per heavy atom. The van der Waals surface area contributed by atoms with Gasteiger partial charge >= 0.3 is 0 Å². The Hall–Kier alpha value is -2.81. The van der Waals surface area contributed by atoms with Crippen molar-refractivity contribution in [3.05, 3.63) is 47.5 Å². The van der Waals surface area contributed by atoms with Crippen LogP contribution in [0.25, 0.3) is 22.3 Å². The van der Waals surface area contributed by atoms with Crippen molar-refractivity contribution in [1.29, 1.82) is 0 Å². The summed E-state index contributed by atoms with van der Waals surface area (Å²) in [7, 11) is 4.56. The summed E-state index contributed by atoms with van der Waals surface area (Å²) in [6, 6.07) is 10.7. The maximum absolute atomic E-state index is 10.8. The topological polar surface area (TPSA) is 77.4 Å². The SMILES string of the molecule is COc1cc(OI)c(-c2cc(C)cc(OC)c2O)cc1-c1cc(C)cc(OC)c1O. The van der Waals surface area contributed by atoms with Gasteiger partial charge in [0.1, 0.15) is 11.5 Å². The number of methoxy groups -OCH3 is 3. The Bertz CT molecular complexity index is 1010. The first-order valence-corrected chi connectivity index (χ1v) is 9.99. The average Bonchev–Trinajstić information content (AvgIpc) is 2.75. The Morgan fingerprint density at radius 2 is 1.00 bits per heavy atom. The molecule has 2 N–H and O–H groups in total. The smallest absolute Gasteiger partial charge is 0.192 e. The summed E-state index contributed by atoms with van der Waals surface area (Å²) >= 11 is 1.79. The molecule has 30 heavy (non-hydrogen) atoms. The van der Waals surface area contributed by atoms with Crippen molar-refractivity contribution in [2.24, 2.45) is 0 Å². The molecule has 0 radical (unpaired) electrons. The normalized spacial score (nSPS) is 10.6. The van der Waals surface area contributed by atoms with Gasteiger partial charge in [0.25, 0.3) is 0 Å². The third-order valence-corrected chi connectivity index (χ3v) is 5.32. The number of phenolic OH excluding ortho intramolecular Hbond substituents is 2. The predicted molar refractivity (Wildman–Crippen MR) is 124 cm³/mol. The molecule has 7 heteroatoms. The van der Waals surface area contributed by atoms with Crippen molar-refractivity contribution in [3.63, 3.8) is 0 Å². The van der Waals surface area contributed by atoms with Crippen molar-refractivity contribution in [1.82, 2.24) is 0 Å². The second-order valence-electron chi connectivity index (χ2n) is 6.85. The first-order chi connectivity index (χ1) is 14.3. The maximum atomic E-state index is 10.8. The number of hydrogen-bond donors (Lipinski definition) is 2. The fourth-order valence-electron chi connectivity index (χ4n) is 3.43. The minimum Gasteiger partial charge on any atom is -0.504 e. The standard InChI is InChI=1S/C23H23IO6/c1-12-6-16(22(25)20(8-12)28-4)14-10-15(19(30-24)11-18(14)27-3)17-7-13(2)9-21(29-5)23(17)26/h6-11,25-26H,1-5H3. The largest absolute Gasteiger partial charge is 0.504 e. The second kappa shape index (κ2) is 8.91. The van der Waals surface area contributed by atoms with Gasteiger partial charge < -0.3 is 27.5 Å². The summed E-state index contributed by atoms with van der Waals surface area (Å²) in [6.07, 6.45) is 0. The lowest BCUT2D eigenvalue weighted by Crippen LogP contribution is -1.95. The minimum absolute atomic E-state index is 0.0000356. The fraction of sp³-hybridized carbons (Fsp3) is 0.217. The highest BCUT2D eigenvalue weighted by Crippen LogP contribution is 2.49. The summed E-state index contributed by atoms with van der Waals surface area (Å²) in [5.41, 5.74) is 4.17.